The topological polar surface area (TPSA) is 32.9 Å². The maximum atomic E-state index is 12.7. The normalized spacial score (nSPS) is 11.8. The molecular formula is C16H10F3NO. The maximum absolute atomic E-state index is 12.7. The van der Waals surface area contributed by atoms with Crippen molar-refractivity contribution in [3.05, 3.63) is 70.4 Å². The van der Waals surface area contributed by atoms with Crippen molar-refractivity contribution in [3.8, 4) is 11.3 Å². The van der Waals surface area contributed by atoms with Gasteiger partial charge in [0.2, 0.25) is 0 Å². The van der Waals surface area contributed by atoms with Gasteiger partial charge in [-0.2, -0.15) is 13.2 Å². The molecule has 2 nitrogen and oxygen atoms in total. The van der Waals surface area contributed by atoms with Gasteiger partial charge in [0.1, 0.15) is 0 Å². The van der Waals surface area contributed by atoms with Crippen LogP contribution in [-0.4, -0.2) is 4.98 Å². The monoisotopic (exact) mass is 289 g/mol. The van der Waals surface area contributed by atoms with Crippen LogP contribution >= 0.6 is 0 Å². The molecule has 0 aliphatic heterocycles. The van der Waals surface area contributed by atoms with Crippen LogP contribution in [0.25, 0.3) is 22.2 Å². The molecule has 0 aliphatic rings. The number of fused-ring (bicyclic) bond motifs is 1. The fraction of sp³-hybridized carbons (Fsp3) is 0.0625. The minimum atomic E-state index is -4.46. The fourth-order valence-corrected chi connectivity index (χ4v) is 2.20. The van der Waals surface area contributed by atoms with E-state index in [1.54, 1.807) is 0 Å². The summed E-state index contributed by atoms with van der Waals surface area (Å²) in [4.78, 5) is 15.1. The van der Waals surface area contributed by atoms with E-state index in [1.807, 2.05) is 30.3 Å². The van der Waals surface area contributed by atoms with E-state index in [1.165, 1.54) is 12.1 Å². The molecular weight excluding hydrogens is 279 g/mol. The van der Waals surface area contributed by atoms with Gasteiger partial charge in [-0.15, -0.1) is 0 Å². The average molecular weight is 289 g/mol. The molecule has 0 saturated carbocycles. The molecule has 0 unspecified atom stereocenters. The molecule has 21 heavy (non-hydrogen) atoms. The molecule has 0 saturated heterocycles. The Morgan fingerprint density at radius 1 is 0.905 bits per heavy atom. The van der Waals surface area contributed by atoms with E-state index in [2.05, 4.69) is 4.98 Å². The SMILES string of the molecule is O=c1cc(-c2ccccc2)[nH]c2ccc(C(F)(F)F)cc12. The molecule has 0 aliphatic carbocycles. The Morgan fingerprint density at radius 2 is 1.62 bits per heavy atom. The van der Waals surface area contributed by atoms with Crippen molar-refractivity contribution in [2.75, 3.05) is 0 Å². The van der Waals surface area contributed by atoms with Crippen LogP contribution in [-0.2, 0) is 6.18 Å². The average Bonchev–Trinajstić information content (AvgIpc) is 2.47. The highest BCUT2D eigenvalue weighted by molar-refractivity contribution is 5.82. The summed E-state index contributed by atoms with van der Waals surface area (Å²) in [5.41, 5.74) is 0.500. The molecule has 2 aromatic carbocycles. The number of benzene rings is 2. The predicted molar refractivity (Wildman–Crippen MR) is 75.0 cm³/mol. The molecule has 3 aromatic rings. The third-order valence-corrected chi connectivity index (χ3v) is 3.24. The number of rotatable bonds is 1. The zero-order valence-electron chi connectivity index (χ0n) is 10.7. The van der Waals surface area contributed by atoms with Gasteiger partial charge in [-0.3, -0.25) is 4.79 Å². The molecule has 1 heterocycles. The van der Waals surface area contributed by atoms with E-state index >= 15 is 0 Å². The third-order valence-electron chi connectivity index (χ3n) is 3.24. The van der Waals surface area contributed by atoms with Gasteiger partial charge in [0.15, 0.2) is 5.43 Å². The Bertz CT molecular complexity index is 851. The van der Waals surface area contributed by atoms with Crippen LogP contribution in [0, 0.1) is 0 Å². The van der Waals surface area contributed by atoms with E-state index < -0.39 is 17.2 Å². The standard InChI is InChI=1S/C16H10F3NO/c17-16(18,19)11-6-7-13-12(8-11)15(21)9-14(20-13)10-4-2-1-3-5-10/h1-9H,(H,20,21). The molecule has 0 bridgehead atoms. The summed E-state index contributed by atoms with van der Waals surface area (Å²) in [5, 5.41) is 0.0320. The number of aromatic amines is 1. The first-order valence-electron chi connectivity index (χ1n) is 6.25. The van der Waals surface area contributed by atoms with Crippen LogP contribution in [0.15, 0.2) is 59.4 Å². The third kappa shape index (κ3) is 2.54. The number of alkyl halides is 3. The van der Waals surface area contributed by atoms with Crippen LogP contribution in [0.4, 0.5) is 13.2 Å². The second kappa shape index (κ2) is 4.77. The number of nitrogens with one attached hydrogen (secondary N) is 1. The van der Waals surface area contributed by atoms with Gasteiger partial charge in [0.25, 0.3) is 0 Å². The number of hydrogen-bond acceptors (Lipinski definition) is 1. The number of hydrogen-bond donors (Lipinski definition) is 1. The van der Waals surface area contributed by atoms with Crippen molar-refractivity contribution in [2.24, 2.45) is 0 Å². The van der Waals surface area contributed by atoms with Gasteiger partial charge in [0.05, 0.1) is 5.56 Å². The van der Waals surface area contributed by atoms with Crippen molar-refractivity contribution in [2.45, 2.75) is 6.18 Å². The largest absolute Gasteiger partial charge is 0.416 e. The van der Waals surface area contributed by atoms with Crippen molar-refractivity contribution < 1.29 is 13.2 Å². The molecule has 3 rings (SSSR count). The minimum absolute atomic E-state index is 0.0320. The molecule has 1 aromatic heterocycles. The van der Waals surface area contributed by atoms with E-state index in [0.717, 1.165) is 17.7 Å². The van der Waals surface area contributed by atoms with Crippen LogP contribution in [0.1, 0.15) is 5.56 Å². The fourth-order valence-electron chi connectivity index (χ4n) is 2.20. The van der Waals surface area contributed by atoms with Crippen LogP contribution in [0.5, 0.6) is 0 Å². The lowest BCUT2D eigenvalue weighted by atomic mass is 10.1. The Kier molecular flexibility index (Phi) is 3.05. The van der Waals surface area contributed by atoms with Crippen molar-refractivity contribution in [3.63, 3.8) is 0 Å². The predicted octanol–water partition coefficient (Wildman–Crippen LogP) is 4.21. The Morgan fingerprint density at radius 3 is 2.29 bits per heavy atom. The zero-order valence-corrected chi connectivity index (χ0v) is 10.7. The van der Waals surface area contributed by atoms with Gasteiger partial charge in [-0.05, 0) is 23.8 Å². The molecule has 0 fully saturated rings. The molecule has 0 amide bonds. The summed E-state index contributed by atoms with van der Waals surface area (Å²) in [6.45, 7) is 0. The van der Waals surface area contributed by atoms with Gasteiger partial charge in [-0.25, -0.2) is 0 Å². The van der Waals surface area contributed by atoms with Gasteiger partial charge >= 0.3 is 6.18 Å². The summed E-state index contributed by atoms with van der Waals surface area (Å²) in [6.07, 6.45) is -4.46. The van der Waals surface area contributed by atoms with Gasteiger partial charge in [-0.1, -0.05) is 30.3 Å². The molecule has 5 heteroatoms. The van der Waals surface area contributed by atoms with Gasteiger partial charge in [0, 0.05) is 22.7 Å². The summed E-state index contributed by atoms with van der Waals surface area (Å²) >= 11 is 0. The molecule has 0 atom stereocenters. The second-order valence-corrected chi connectivity index (χ2v) is 4.67. The van der Waals surface area contributed by atoms with E-state index in [-0.39, 0.29) is 5.39 Å². The smallest absolute Gasteiger partial charge is 0.354 e. The number of H-pyrrole nitrogens is 1. The van der Waals surface area contributed by atoms with Crippen molar-refractivity contribution in [1.82, 2.24) is 4.98 Å². The lowest BCUT2D eigenvalue weighted by Crippen LogP contribution is -2.08. The van der Waals surface area contributed by atoms with Gasteiger partial charge < -0.3 is 4.98 Å². The first-order valence-corrected chi connectivity index (χ1v) is 6.25. The Labute approximate surface area is 117 Å². The lowest BCUT2D eigenvalue weighted by molar-refractivity contribution is -0.137. The molecule has 0 spiro atoms. The summed E-state index contributed by atoms with van der Waals surface area (Å²) in [6, 6.07) is 13.6. The second-order valence-electron chi connectivity index (χ2n) is 4.67. The highest BCUT2D eigenvalue weighted by Gasteiger charge is 2.30. The van der Waals surface area contributed by atoms with E-state index in [4.69, 9.17) is 0 Å². The molecule has 1 N–H and O–H groups in total. The highest BCUT2D eigenvalue weighted by atomic mass is 19.4. The van der Waals surface area contributed by atoms with E-state index in [0.29, 0.717) is 11.2 Å². The number of aromatic nitrogens is 1. The van der Waals surface area contributed by atoms with Crippen LogP contribution in [0.3, 0.4) is 0 Å². The van der Waals surface area contributed by atoms with Crippen LogP contribution in [0.2, 0.25) is 0 Å². The number of halogens is 3. The highest BCUT2D eigenvalue weighted by Crippen LogP contribution is 2.30. The van der Waals surface area contributed by atoms with Crippen molar-refractivity contribution >= 4 is 10.9 Å². The summed E-state index contributed by atoms with van der Waals surface area (Å²) in [5.74, 6) is 0. The number of pyridine rings is 1. The van der Waals surface area contributed by atoms with E-state index in [9.17, 15) is 18.0 Å². The first kappa shape index (κ1) is 13.4. The Balaban J connectivity index is 2.21. The Hall–Kier alpha value is -2.56. The van der Waals surface area contributed by atoms with Crippen molar-refractivity contribution in [1.29, 1.82) is 0 Å². The summed E-state index contributed by atoms with van der Waals surface area (Å²) < 4.78 is 38.0. The maximum Gasteiger partial charge on any atom is 0.416 e. The quantitative estimate of drug-likeness (QED) is 0.715. The molecule has 0 radical (unpaired) electrons. The molecule has 106 valence electrons. The van der Waals surface area contributed by atoms with Crippen LogP contribution < -0.4 is 5.43 Å². The summed E-state index contributed by atoms with van der Waals surface area (Å²) in [7, 11) is 0. The zero-order chi connectivity index (χ0) is 15.0. The lowest BCUT2D eigenvalue weighted by Gasteiger charge is -2.09. The first-order chi connectivity index (χ1) is 9.95. The minimum Gasteiger partial charge on any atom is -0.354 e.